The molecule has 1 heterocycles. The zero-order valence-electron chi connectivity index (χ0n) is 11.4. The summed E-state index contributed by atoms with van der Waals surface area (Å²) in [5, 5.41) is 7.55. The fraction of sp³-hybridized carbons (Fsp3) is 0.429. The molecular weight excluding hydrogens is 240 g/mol. The van der Waals surface area contributed by atoms with E-state index in [4.69, 9.17) is 4.74 Å². The van der Waals surface area contributed by atoms with E-state index in [0.29, 0.717) is 5.95 Å². The smallest absolute Gasteiger partial charge is 0.225 e. The van der Waals surface area contributed by atoms with Crippen LogP contribution in [0.15, 0.2) is 24.3 Å². The number of ether oxygens (including phenoxy) is 1. The van der Waals surface area contributed by atoms with Gasteiger partial charge in [-0.15, -0.1) is 0 Å². The van der Waals surface area contributed by atoms with Gasteiger partial charge in [-0.2, -0.15) is 4.98 Å². The first kappa shape index (κ1) is 13.5. The first-order chi connectivity index (χ1) is 9.35. The lowest BCUT2D eigenvalue weighted by Gasteiger charge is -2.11. The number of nitrogens with zero attached hydrogens (tertiary/aromatic N) is 2. The molecule has 1 aromatic heterocycles. The van der Waals surface area contributed by atoms with E-state index in [2.05, 4.69) is 20.6 Å². The van der Waals surface area contributed by atoms with E-state index in [1.54, 1.807) is 7.11 Å². The SMILES string of the molecule is CCNc1nc(NCCCOC)c2ccccc2n1. The van der Waals surface area contributed by atoms with Crippen LogP contribution in [0.2, 0.25) is 0 Å². The second kappa shape index (κ2) is 6.89. The highest BCUT2D eigenvalue weighted by molar-refractivity contribution is 5.89. The van der Waals surface area contributed by atoms with Crippen LogP contribution in [0.5, 0.6) is 0 Å². The number of aromatic nitrogens is 2. The number of fused-ring (bicyclic) bond motifs is 1. The Morgan fingerprint density at radius 1 is 1.16 bits per heavy atom. The van der Waals surface area contributed by atoms with Crippen LogP contribution >= 0.6 is 0 Å². The Hall–Kier alpha value is -1.88. The number of rotatable bonds is 7. The first-order valence-electron chi connectivity index (χ1n) is 6.58. The summed E-state index contributed by atoms with van der Waals surface area (Å²) in [7, 11) is 1.71. The van der Waals surface area contributed by atoms with Gasteiger partial charge in [0.2, 0.25) is 5.95 Å². The lowest BCUT2D eigenvalue weighted by atomic mass is 10.2. The normalized spacial score (nSPS) is 10.6. The van der Waals surface area contributed by atoms with Crippen LogP contribution in [0.3, 0.4) is 0 Å². The zero-order chi connectivity index (χ0) is 13.5. The van der Waals surface area contributed by atoms with Gasteiger partial charge in [-0.05, 0) is 25.5 Å². The molecule has 0 aliphatic heterocycles. The molecule has 5 heteroatoms. The van der Waals surface area contributed by atoms with Crippen molar-refractivity contribution in [1.82, 2.24) is 9.97 Å². The maximum atomic E-state index is 5.04. The molecule has 0 aliphatic carbocycles. The average molecular weight is 260 g/mol. The molecule has 0 saturated heterocycles. The van der Waals surface area contributed by atoms with Gasteiger partial charge in [0.15, 0.2) is 0 Å². The van der Waals surface area contributed by atoms with Crippen LogP contribution in [0.4, 0.5) is 11.8 Å². The van der Waals surface area contributed by atoms with E-state index >= 15 is 0 Å². The molecule has 102 valence electrons. The van der Waals surface area contributed by atoms with E-state index < -0.39 is 0 Å². The van der Waals surface area contributed by atoms with Gasteiger partial charge in [0.25, 0.3) is 0 Å². The summed E-state index contributed by atoms with van der Waals surface area (Å²) in [6.45, 7) is 4.42. The maximum absolute atomic E-state index is 5.04. The van der Waals surface area contributed by atoms with Crippen LogP contribution < -0.4 is 10.6 Å². The molecule has 0 spiro atoms. The number of hydrogen-bond donors (Lipinski definition) is 2. The molecule has 5 nitrogen and oxygen atoms in total. The van der Waals surface area contributed by atoms with Crippen LogP contribution in [0.25, 0.3) is 10.9 Å². The monoisotopic (exact) mass is 260 g/mol. The van der Waals surface area contributed by atoms with Gasteiger partial charge in [-0.25, -0.2) is 4.98 Å². The highest BCUT2D eigenvalue weighted by Gasteiger charge is 2.06. The number of hydrogen-bond acceptors (Lipinski definition) is 5. The highest BCUT2D eigenvalue weighted by Crippen LogP contribution is 2.21. The summed E-state index contributed by atoms with van der Waals surface area (Å²) in [5.74, 6) is 1.54. The topological polar surface area (TPSA) is 59.1 Å². The van der Waals surface area contributed by atoms with Gasteiger partial charge in [0.05, 0.1) is 5.52 Å². The van der Waals surface area contributed by atoms with Crippen LogP contribution in [0, 0.1) is 0 Å². The Morgan fingerprint density at radius 3 is 2.79 bits per heavy atom. The van der Waals surface area contributed by atoms with Crippen LogP contribution in [-0.2, 0) is 4.74 Å². The lowest BCUT2D eigenvalue weighted by molar-refractivity contribution is 0.198. The third kappa shape index (κ3) is 3.54. The molecule has 0 radical (unpaired) electrons. The fourth-order valence-electron chi connectivity index (χ4n) is 1.87. The Balaban J connectivity index is 2.23. The van der Waals surface area contributed by atoms with E-state index in [-0.39, 0.29) is 0 Å². The number of benzene rings is 1. The van der Waals surface area contributed by atoms with Gasteiger partial charge in [-0.1, -0.05) is 12.1 Å². The van der Waals surface area contributed by atoms with Crippen molar-refractivity contribution in [1.29, 1.82) is 0 Å². The van der Waals surface area contributed by atoms with Crippen molar-refractivity contribution in [3.63, 3.8) is 0 Å². The van der Waals surface area contributed by atoms with E-state index in [1.807, 2.05) is 31.2 Å². The summed E-state index contributed by atoms with van der Waals surface area (Å²) in [4.78, 5) is 9.00. The van der Waals surface area contributed by atoms with Crippen molar-refractivity contribution >= 4 is 22.7 Å². The fourth-order valence-corrected chi connectivity index (χ4v) is 1.87. The molecule has 19 heavy (non-hydrogen) atoms. The summed E-state index contributed by atoms with van der Waals surface area (Å²) < 4.78 is 5.04. The van der Waals surface area contributed by atoms with E-state index in [1.165, 1.54) is 0 Å². The molecule has 0 saturated carbocycles. The van der Waals surface area contributed by atoms with Crippen molar-refractivity contribution in [2.45, 2.75) is 13.3 Å². The van der Waals surface area contributed by atoms with Gasteiger partial charge < -0.3 is 15.4 Å². The zero-order valence-corrected chi connectivity index (χ0v) is 11.4. The second-order valence-corrected chi connectivity index (χ2v) is 4.22. The standard InChI is InChI=1S/C14H20N4O/c1-3-15-14-17-12-8-5-4-7-11(12)13(18-14)16-9-6-10-19-2/h4-5,7-8H,3,6,9-10H2,1-2H3,(H2,15,16,17,18). The largest absolute Gasteiger partial charge is 0.385 e. The molecular formula is C14H20N4O. The predicted molar refractivity (Wildman–Crippen MR) is 78.7 cm³/mol. The summed E-state index contributed by atoms with van der Waals surface area (Å²) in [6.07, 6.45) is 0.950. The van der Waals surface area contributed by atoms with Crippen molar-refractivity contribution in [2.24, 2.45) is 0 Å². The van der Waals surface area contributed by atoms with Gasteiger partial charge in [0.1, 0.15) is 5.82 Å². The van der Waals surface area contributed by atoms with Crippen LogP contribution in [0.1, 0.15) is 13.3 Å². The first-order valence-corrected chi connectivity index (χ1v) is 6.58. The average Bonchev–Trinajstić information content (AvgIpc) is 2.44. The molecule has 0 unspecified atom stereocenters. The van der Waals surface area contributed by atoms with E-state index in [0.717, 1.165) is 42.8 Å². The molecule has 0 amide bonds. The van der Waals surface area contributed by atoms with Gasteiger partial charge >= 0.3 is 0 Å². The van der Waals surface area contributed by atoms with Crippen molar-refractivity contribution in [3.8, 4) is 0 Å². The quantitative estimate of drug-likeness (QED) is 0.749. The molecule has 0 fully saturated rings. The van der Waals surface area contributed by atoms with Crippen LogP contribution in [-0.4, -0.2) is 36.8 Å². The number of methoxy groups -OCH3 is 1. The number of anilines is 2. The van der Waals surface area contributed by atoms with Crippen molar-refractivity contribution in [3.05, 3.63) is 24.3 Å². The van der Waals surface area contributed by atoms with Gasteiger partial charge in [-0.3, -0.25) is 0 Å². The summed E-state index contributed by atoms with van der Waals surface area (Å²) in [5.41, 5.74) is 0.947. The second-order valence-electron chi connectivity index (χ2n) is 4.22. The Morgan fingerprint density at radius 2 is 2.00 bits per heavy atom. The third-order valence-electron chi connectivity index (χ3n) is 2.76. The summed E-state index contributed by atoms with van der Waals surface area (Å²) >= 11 is 0. The minimum Gasteiger partial charge on any atom is -0.385 e. The molecule has 1 aromatic carbocycles. The number of nitrogens with one attached hydrogen (secondary N) is 2. The Bertz CT molecular complexity index is 530. The summed E-state index contributed by atoms with van der Waals surface area (Å²) in [6, 6.07) is 8.01. The molecule has 0 bridgehead atoms. The Labute approximate surface area is 113 Å². The van der Waals surface area contributed by atoms with Crippen molar-refractivity contribution in [2.75, 3.05) is 37.4 Å². The molecule has 2 N–H and O–H groups in total. The maximum Gasteiger partial charge on any atom is 0.225 e. The van der Waals surface area contributed by atoms with E-state index in [9.17, 15) is 0 Å². The predicted octanol–water partition coefficient (Wildman–Crippen LogP) is 2.51. The van der Waals surface area contributed by atoms with Crippen molar-refractivity contribution < 1.29 is 4.74 Å². The molecule has 2 aromatic rings. The van der Waals surface area contributed by atoms with Gasteiger partial charge in [0, 0.05) is 32.2 Å². The minimum absolute atomic E-state index is 0.662. The number of para-hydroxylation sites is 1. The minimum atomic E-state index is 0.662. The molecule has 0 atom stereocenters. The molecule has 2 rings (SSSR count). The Kier molecular flexibility index (Phi) is 4.92. The third-order valence-corrected chi connectivity index (χ3v) is 2.76. The highest BCUT2D eigenvalue weighted by atomic mass is 16.5. The lowest BCUT2D eigenvalue weighted by Crippen LogP contribution is -2.09. The molecule has 0 aliphatic rings.